The molecule has 3 rings (SSSR count). The summed E-state index contributed by atoms with van der Waals surface area (Å²) in [4.78, 5) is 26.9. The molecule has 1 aliphatic rings. The minimum absolute atomic E-state index is 0.101. The molecule has 7 nitrogen and oxygen atoms in total. The quantitative estimate of drug-likeness (QED) is 0.756. The van der Waals surface area contributed by atoms with Crippen molar-refractivity contribution in [3.8, 4) is 11.5 Å². The van der Waals surface area contributed by atoms with Crippen molar-refractivity contribution >= 4 is 23.7 Å². The molecule has 1 N–H and O–H groups in total. The highest BCUT2D eigenvalue weighted by Gasteiger charge is 2.15. The first-order valence-electron chi connectivity index (χ1n) is 8.79. The average Bonchev–Trinajstić information content (AvgIpc) is 2.73. The number of amides is 2. The standard InChI is InChI=1S/C20H23N3O4/c1-26-18-4-2-3-5-19(18)27-14-20(25)21-16-6-8-17(9-7-16)23-12-10-22(15-24)11-13-23/h2-9,15H,10-14H2,1H3,(H,21,25). The summed E-state index contributed by atoms with van der Waals surface area (Å²) in [7, 11) is 1.56. The number of anilines is 2. The fraction of sp³-hybridized carbons (Fsp3) is 0.300. The molecule has 1 fully saturated rings. The highest BCUT2D eigenvalue weighted by molar-refractivity contribution is 5.92. The van der Waals surface area contributed by atoms with E-state index in [2.05, 4.69) is 10.2 Å². The lowest BCUT2D eigenvalue weighted by molar-refractivity contribution is -0.119. The van der Waals surface area contributed by atoms with Crippen LogP contribution in [0.5, 0.6) is 11.5 Å². The summed E-state index contributed by atoms with van der Waals surface area (Å²) in [6.45, 7) is 2.95. The maximum atomic E-state index is 12.1. The van der Waals surface area contributed by atoms with Crippen LogP contribution in [0.4, 0.5) is 11.4 Å². The number of hydrogen-bond acceptors (Lipinski definition) is 5. The number of carbonyl (C=O) groups excluding carboxylic acids is 2. The summed E-state index contributed by atoms with van der Waals surface area (Å²) in [5.74, 6) is 0.873. The molecule has 1 heterocycles. The van der Waals surface area contributed by atoms with Crippen LogP contribution in [0.2, 0.25) is 0 Å². The Morgan fingerprint density at radius 3 is 2.33 bits per heavy atom. The normalized spacial score (nSPS) is 13.8. The van der Waals surface area contributed by atoms with Crippen LogP contribution in [0, 0.1) is 0 Å². The summed E-state index contributed by atoms with van der Waals surface area (Å²) < 4.78 is 10.7. The third-order valence-corrected chi connectivity index (χ3v) is 4.41. The van der Waals surface area contributed by atoms with Gasteiger partial charge in [-0.15, -0.1) is 0 Å². The molecule has 142 valence electrons. The van der Waals surface area contributed by atoms with Gasteiger partial charge in [-0.2, -0.15) is 0 Å². The van der Waals surface area contributed by atoms with Crippen molar-refractivity contribution in [2.75, 3.05) is 50.1 Å². The molecule has 0 saturated carbocycles. The van der Waals surface area contributed by atoms with Gasteiger partial charge in [-0.1, -0.05) is 12.1 Å². The van der Waals surface area contributed by atoms with Gasteiger partial charge in [0.25, 0.3) is 5.91 Å². The second-order valence-electron chi connectivity index (χ2n) is 6.16. The molecule has 2 aromatic carbocycles. The number of piperazine rings is 1. The zero-order valence-corrected chi connectivity index (χ0v) is 15.3. The Hall–Kier alpha value is -3.22. The van der Waals surface area contributed by atoms with E-state index in [1.807, 2.05) is 36.4 Å². The molecule has 0 atom stereocenters. The van der Waals surface area contributed by atoms with Crippen LogP contribution < -0.4 is 19.7 Å². The van der Waals surface area contributed by atoms with Gasteiger partial charge in [-0.05, 0) is 36.4 Å². The van der Waals surface area contributed by atoms with Gasteiger partial charge < -0.3 is 24.6 Å². The Morgan fingerprint density at radius 2 is 1.70 bits per heavy atom. The van der Waals surface area contributed by atoms with Crippen molar-refractivity contribution in [2.45, 2.75) is 0 Å². The lowest BCUT2D eigenvalue weighted by Gasteiger charge is -2.34. The van der Waals surface area contributed by atoms with Gasteiger partial charge in [-0.3, -0.25) is 9.59 Å². The topological polar surface area (TPSA) is 71.1 Å². The van der Waals surface area contributed by atoms with Gasteiger partial charge in [0.15, 0.2) is 18.1 Å². The van der Waals surface area contributed by atoms with Gasteiger partial charge in [0.1, 0.15) is 0 Å². The molecular formula is C20H23N3O4. The van der Waals surface area contributed by atoms with Crippen molar-refractivity contribution in [3.63, 3.8) is 0 Å². The zero-order valence-electron chi connectivity index (χ0n) is 15.3. The molecule has 0 aliphatic carbocycles. The first-order chi connectivity index (χ1) is 13.2. The van der Waals surface area contributed by atoms with Gasteiger partial charge in [0.05, 0.1) is 7.11 Å². The van der Waals surface area contributed by atoms with Crippen LogP contribution >= 0.6 is 0 Å². The van der Waals surface area contributed by atoms with Gasteiger partial charge >= 0.3 is 0 Å². The summed E-state index contributed by atoms with van der Waals surface area (Å²) in [6, 6.07) is 14.9. The minimum atomic E-state index is -0.242. The zero-order chi connectivity index (χ0) is 19.1. The van der Waals surface area contributed by atoms with Crippen LogP contribution in [0.15, 0.2) is 48.5 Å². The van der Waals surface area contributed by atoms with Crippen LogP contribution in [0.1, 0.15) is 0 Å². The number of ether oxygens (including phenoxy) is 2. The maximum absolute atomic E-state index is 12.1. The second kappa shape index (κ2) is 8.93. The maximum Gasteiger partial charge on any atom is 0.262 e. The third kappa shape index (κ3) is 4.91. The van der Waals surface area contributed by atoms with Crippen LogP contribution in [-0.4, -0.2) is 57.1 Å². The van der Waals surface area contributed by atoms with Crippen LogP contribution in [0.25, 0.3) is 0 Å². The highest BCUT2D eigenvalue weighted by atomic mass is 16.5. The largest absolute Gasteiger partial charge is 0.493 e. The minimum Gasteiger partial charge on any atom is -0.493 e. The molecule has 1 aliphatic heterocycles. The van der Waals surface area contributed by atoms with E-state index in [1.165, 1.54) is 0 Å². The number of nitrogens with one attached hydrogen (secondary N) is 1. The molecule has 0 spiro atoms. The van der Waals surface area contributed by atoms with Crippen molar-refractivity contribution in [1.82, 2.24) is 4.90 Å². The molecular weight excluding hydrogens is 346 g/mol. The SMILES string of the molecule is COc1ccccc1OCC(=O)Nc1ccc(N2CCN(C=O)CC2)cc1. The number of para-hydroxylation sites is 2. The molecule has 0 unspecified atom stereocenters. The van der Waals surface area contributed by atoms with Crippen molar-refractivity contribution in [1.29, 1.82) is 0 Å². The molecule has 2 amide bonds. The summed E-state index contributed by atoms with van der Waals surface area (Å²) in [5.41, 5.74) is 1.78. The van der Waals surface area contributed by atoms with Crippen LogP contribution in [-0.2, 0) is 9.59 Å². The lowest BCUT2D eigenvalue weighted by Crippen LogP contribution is -2.45. The van der Waals surface area contributed by atoms with E-state index in [9.17, 15) is 9.59 Å². The van der Waals surface area contributed by atoms with E-state index in [1.54, 1.807) is 24.1 Å². The number of hydrogen-bond donors (Lipinski definition) is 1. The van der Waals surface area contributed by atoms with Crippen LogP contribution in [0.3, 0.4) is 0 Å². The van der Waals surface area contributed by atoms with E-state index in [-0.39, 0.29) is 12.5 Å². The van der Waals surface area contributed by atoms with Gasteiger partial charge in [0.2, 0.25) is 6.41 Å². The monoisotopic (exact) mass is 369 g/mol. The first-order valence-corrected chi connectivity index (χ1v) is 8.79. The Bertz CT molecular complexity index is 771. The summed E-state index contributed by atoms with van der Waals surface area (Å²) >= 11 is 0. The lowest BCUT2D eigenvalue weighted by atomic mass is 10.2. The molecule has 27 heavy (non-hydrogen) atoms. The number of carbonyl (C=O) groups is 2. The summed E-state index contributed by atoms with van der Waals surface area (Å²) in [5, 5.41) is 2.82. The molecule has 7 heteroatoms. The predicted molar refractivity (Wildman–Crippen MR) is 103 cm³/mol. The van der Waals surface area contributed by atoms with E-state index in [4.69, 9.17) is 9.47 Å². The number of rotatable bonds is 7. The molecule has 0 aromatic heterocycles. The molecule has 0 bridgehead atoms. The molecule has 0 radical (unpaired) electrons. The number of nitrogens with zero attached hydrogens (tertiary/aromatic N) is 2. The van der Waals surface area contributed by atoms with E-state index >= 15 is 0 Å². The Kier molecular flexibility index (Phi) is 6.14. The van der Waals surface area contributed by atoms with Crippen molar-refractivity contribution < 1.29 is 19.1 Å². The highest BCUT2D eigenvalue weighted by Crippen LogP contribution is 2.25. The van der Waals surface area contributed by atoms with Gasteiger partial charge in [0, 0.05) is 37.6 Å². The van der Waals surface area contributed by atoms with E-state index < -0.39 is 0 Å². The predicted octanol–water partition coefficient (Wildman–Crippen LogP) is 1.99. The Labute approximate surface area is 158 Å². The van der Waals surface area contributed by atoms with E-state index in [0.29, 0.717) is 17.2 Å². The van der Waals surface area contributed by atoms with E-state index in [0.717, 1.165) is 38.3 Å². The first kappa shape index (κ1) is 18.6. The second-order valence-corrected chi connectivity index (χ2v) is 6.16. The Balaban J connectivity index is 1.50. The molecule has 2 aromatic rings. The van der Waals surface area contributed by atoms with Crippen molar-refractivity contribution in [3.05, 3.63) is 48.5 Å². The fourth-order valence-electron chi connectivity index (χ4n) is 2.92. The number of methoxy groups -OCH3 is 1. The third-order valence-electron chi connectivity index (χ3n) is 4.41. The fourth-order valence-corrected chi connectivity index (χ4v) is 2.92. The van der Waals surface area contributed by atoms with Gasteiger partial charge in [-0.25, -0.2) is 0 Å². The average molecular weight is 369 g/mol. The number of benzene rings is 2. The summed E-state index contributed by atoms with van der Waals surface area (Å²) in [6.07, 6.45) is 0.892. The Morgan fingerprint density at radius 1 is 1.04 bits per heavy atom. The van der Waals surface area contributed by atoms with Crippen molar-refractivity contribution in [2.24, 2.45) is 0 Å². The molecule has 1 saturated heterocycles. The smallest absolute Gasteiger partial charge is 0.262 e.